The first-order valence-corrected chi connectivity index (χ1v) is 16.3. The Morgan fingerprint density at radius 3 is 2.66 bits per heavy atom. The minimum Gasteiger partial charge on any atom is -0.385 e. The molecule has 13 nitrogen and oxygen atoms in total. The van der Waals surface area contributed by atoms with Gasteiger partial charge in [-0.1, -0.05) is 30.3 Å². The van der Waals surface area contributed by atoms with Crippen LogP contribution in [0.4, 0.5) is 17.3 Å². The zero-order valence-corrected chi connectivity index (χ0v) is 26.1. The van der Waals surface area contributed by atoms with Crippen LogP contribution in [-0.4, -0.2) is 94.7 Å². The fourth-order valence-corrected chi connectivity index (χ4v) is 5.21. The van der Waals surface area contributed by atoms with E-state index in [0.717, 1.165) is 75.5 Å². The van der Waals surface area contributed by atoms with Crippen LogP contribution in [0, 0.1) is 0 Å². The number of carbonyl (C=O) groups is 1. The van der Waals surface area contributed by atoms with Crippen LogP contribution < -0.4 is 16.0 Å². The summed E-state index contributed by atoms with van der Waals surface area (Å²) in [7, 11) is -4.49. The molecular formula is C29H39ClN7O6P. The van der Waals surface area contributed by atoms with Crippen molar-refractivity contribution in [1.82, 2.24) is 25.1 Å². The first kappa shape index (κ1) is 33.8. The molecule has 44 heavy (non-hydrogen) atoms. The number of nitrogens with one attached hydrogen (secondary N) is 3. The Bertz CT molecular complexity index is 1390. The summed E-state index contributed by atoms with van der Waals surface area (Å²) < 4.78 is 20.1. The van der Waals surface area contributed by atoms with E-state index in [2.05, 4.69) is 46.8 Å². The molecule has 5 N–H and O–H groups in total. The fraction of sp³-hybridized carbons (Fsp3) is 0.414. The predicted octanol–water partition coefficient (Wildman–Crippen LogP) is 3.74. The van der Waals surface area contributed by atoms with Crippen LogP contribution in [-0.2, 0) is 18.6 Å². The molecule has 1 aliphatic heterocycles. The number of hydrogen-bond acceptors (Lipinski definition) is 10. The van der Waals surface area contributed by atoms with E-state index >= 15 is 0 Å². The highest BCUT2D eigenvalue weighted by Gasteiger charge is 2.18. The molecule has 1 aromatic carbocycles. The van der Waals surface area contributed by atoms with E-state index in [0.29, 0.717) is 35.5 Å². The average Bonchev–Trinajstić information content (AvgIpc) is 3.00. The maximum Gasteiger partial charge on any atom is 0.471 e. The number of nitrogens with zero attached hydrogens (tertiary/aromatic N) is 4. The van der Waals surface area contributed by atoms with Gasteiger partial charge >= 0.3 is 7.82 Å². The maximum absolute atomic E-state index is 11.7. The van der Waals surface area contributed by atoms with Crippen molar-refractivity contribution < 1.29 is 28.4 Å². The van der Waals surface area contributed by atoms with Gasteiger partial charge in [0.25, 0.3) is 0 Å². The maximum atomic E-state index is 11.7. The number of halogens is 1. The lowest BCUT2D eigenvalue weighted by Crippen LogP contribution is -2.47. The van der Waals surface area contributed by atoms with E-state index in [4.69, 9.17) is 26.1 Å². The van der Waals surface area contributed by atoms with Gasteiger partial charge < -0.3 is 35.4 Å². The number of hydrogen-bond donors (Lipinski definition) is 5. The molecule has 0 spiro atoms. The number of aromatic nitrogens is 2. The molecule has 0 bridgehead atoms. The highest BCUT2D eigenvalue weighted by Crippen LogP contribution is 2.35. The average molecular weight is 648 g/mol. The van der Waals surface area contributed by atoms with E-state index in [-0.39, 0.29) is 5.91 Å². The smallest absolute Gasteiger partial charge is 0.385 e. The molecule has 15 heteroatoms. The SMILES string of the molecule is C=CC(=O)NC1=CCCC(c2nc(Nc3cccc(NCCCN4CCN(CCOCOP(=O)(O)O)CC4)c3)ncc2Cl)=C1. The molecule has 1 aliphatic carbocycles. The van der Waals surface area contributed by atoms with Crippen molar-refractivity contribution in [2.24, 2.45) is 0 Å². The Hall–Kier alpha value is -3.13. The summed E-state index contributed by atoms with van der Waals surface area (Å²) in [5.74, 6) is 0.155. The summed E-state index contributed by atoms with van der Waals surface area (Å²) in [4.78, 5) is 42.8. The highest BCUT2D eigenvalue weighted by atomic mass is 35.5. The van der Waals surface area contributed by atoms with Crippen LogP contribution in [0.5, 0.6) is 0 Å². The number of ether oxygens (including phenoxy) is 1. The number of rotatable bonds is 16. The first-order valence-electron chi connectivity index (χ1n) is 14.4. The van der Waals surface area contributed by atoms with Gasteiger partial charge in [-0.05, 0) is 61.7 Å². The van der Waals surface area contributed by atoms with E-state index in [9.17, 15) is 9.36 Å². The quantitative estimate of drug-likeness (QED) is 0.0778. The normalized spacial score (nSPS) is 16.2. The molecule has 1 saturated heterocycles. The molecular weight excluding hydrogens is 609 g/mol. The zero-order chi connectivity index (χ0) is 31.4. The molecule has 4 rings (SSSR count). The summed E-state index contributed by atoms with van der Waals surface area (Å²) >= 11 is 6.45. The summed E-state index contributed by atoms with van der Waals surface area (Å²) in [6.45, 7) is 9.69. The molecule has 2 aliphatic rings. The number of phosphoric acid groups is 1. The number of carbonyl (C=O) groups excluding carboxylic acids is 1. The largest absolute Gasteiger partial charge is 0.471 e. The van der Waals surface area contributed by atoms with Gasteiger partial charge in [-0.3, -0.25) is 14.2 Å². The first-order chi connectivity index (χ1) is 21.2. The molecule has 2 aromatic rings. The predicted molar refractivity (Wildman–Crippen MR) is 170 cm³/mol. The lowest BCUT2D eigenvalue weighted by molar-refractivity contribution is -0.115. The van der Waals surface area contributed by atoms with Crippen molar-refractivity contribution in [1.29, 1.82) is 0 Å². The Morgan fingerprint density at radius 1 is 1.16 bits per heavy atom. The second-order valence-electron chi connectivity index (χ2n) is 10.3. The molecule has 0 saturated carbocycles. The second kappa shape index (κ2) is 16.8. The third-order valence-corrected chi connectivity index (χ3v) is 7.75. The molecule has 238 valence electrons. The summed E-state index contributed by atoms with van der Waals surface area (Å²) in [5.41, 5.74) is 4.06. The van der Waals surface area contributed by atoms with E-state index in [1.54, 1.807) is 6.20 Å². The van der Waals surface area contributed by atoms with Crippen LogP contribution >= 0.6 is 19.4 Å². The van der Waals surface area contributed by atoms with Crippen LogP contribution in [0.3, 0.4) is 0 Å². The lowest BCUT2D eigenvalue weighted by atomic mass is 10.00. The minimum atomic E-state index is -4.49. The number of phosphoric ester groups is 1. The standard InChI is InChI=1S/C29H39ClN7O6P/c1-2-27(38)33-24-8-3-6-22(18-24)28-26(30)20-32-29(35-28)34-25-9-4-7-23(19-25)31-10-5-11-36-12-14-37(15-13-36)16-17-42-21-43-44(39,40)41/h2,4,7-9,18-20,31H,1,3,5-6,10-17,21H2,(H,33,38)(H,32,34,35)(H2,39,40,41). The monoisotopic (exact) mass is 647 g/mol. The van der Waals surface area contributed by atoms with Gasteiger partial charge in [0, 0.05) is 56.3 Å². The number of allylic oxidation sites excluding steroid dienone is 3. The Labute approximate surface area is 262 Å². The van der Waals surface area contributed by atoms with Crippen LogP contribution in [0.2, 0.25) is 5.02 Å². The third kappa shape index (κ3) is 11.4. The van der Waals surface area contributed by atoms with Gasteiger partial charge in [-0.25, -0.2) is 14.5 Å². The van der Waals surface area contributed by atoms with Crippen molar-refractivity contribution >= 4 is 48.2 Å². The summed E-state index contributed by atoms with van der Waals surface area (Å²) in [6, 6.07) is 7.94. The van der Waals surface area contributed by atoms with Crippen molar-refractivity contribution in [2.75, 3.05) is 69.8 Å². The summed E-state index contributed by atoms with van der Waals surface area (Å²) in [5, 5.41) is 9.99. The van der Waals surface area contributed by atoms with E-state index in [1.165, 1.54) is 6.08 Å². The van der Waals surface area contributed by atoms with Crippen molar-refractivity contribution in [3.05, 3.63) is 71.7 Å². The fourth-order valence-electron chi connectivity index (χ4n) is 4.79. The van der Waals surface area contributed by atoms with Gasteiger partial charge in [0.05, 0.1) is 23.5 Å². The van der Waals surface area contributed by atoms with E-state index < -0.39 is 14.6 Å². The number of benzene rings is 1. The number of amides is 1. The van der Waals surface area contributed by atoms with Gasteiger partial charge in [0.1, 0.15) is 0 Å². The molecule has 0 unspecified atom stereocenters. The molecule has 0 atom stereocenters. The van der Waals surface area contributed by atoms with Crippen LogP contribution in [0.1, 0.15) is 25.0 Å². The Balaban J connectivity index is 1.19. The molecule has 1 amide bonds. The van der Waals surface area contributed by atoms with Crippen molar-refractivity contribution in [3.63, 3.8) is 0 Å². The van der Waals surface area contributed by atoms with Gasteiger partial charge in [0.2, 0.25) is 11.9 Å². The molecule has 1 fully saturated rings. The lowest BCUT2D eigenvalue weighted by Gasteiger charge is -2.34. The van der Waals surface area contributed by atoms with Crippen LogP contribution in [0.25, 0.3) is 5.57 Å². The Kier molecular flexibility index (Phi) is 12.9. The summed E-state index contributed by atoms with van der Waals surface area (Å²) in [6.07, 6.45) is 9.13. The Morgan fingerprint density at radius 2 is 1.91 bits per heavy atom. The molecule has 1 aromatic heterocycles. The van der Waals surface area contributed by atoms with Crippen molar-refractivity contribution in [2.45, 2.75) is 19.3 Å². The topological polar surface area (TPSA) is 161 Å². The second-order valence-corrected chi connectivity index (χ2v) is 11.9. The van der Waals surface area contributed by atoms with Gasteiger partial charge in [-0.15, -0.1) is 0 Å². The third-order valence-electron chi connectivity index (χ3n) is 7.03. The molecule has 2 heterocycles. The molecule has 0 radical (unpaired) electrons. The van der Waals surface area contributed by atoms with E-state index in [1.807, 2.05) is 36.4 Å². The van der Waals surface area contributed by atoms with Gasteiger partial charge in [0.15, 0.2) is 6.79 Å². The van der Waals surface area contributed by atoms with Crippen molar-refractivity contribution in [3.8, 4) is 0 Å². The number of piperazine rings is 1. The number of anilines is 3. The van der Waals surface area contributed by atoms with Gasteiger partial charge in [-0.2, -0.15) is 0 Å². The minimum absolute atomic E-state index is 0.270. The highest BCUT2D eigenvalue weighted by molar-refractivity contribution is 7.46. The zero-order valence-electron chi connectivity index (χ0n) is 24.5. The van der Waals surface area contributed by atoms with Crippen LogP contribution in [0.15, 0.2) is 61.0 Å².